The minimum absolute atomic E-state index is 0.237. The number of carbonyl (C=O) groups is 2. The average Bonchev–Trinajstić information content (AvgIpc) is 2.31. The van der Waals surface area contributed by atoms with Gasteiger partial charge >= 0.3 is 11.9 Å². The first-order valence-corrected chi connectivity index (χ1v) is 7.31. The first-order chi connectivity index (χ1) is 9.74. The van der Waals surface area contributed by atoms with E-state index in [0.717, 1.165) is 13.0 Å². The Bertz CT molecular complexity index is 312. The minimum Gasteiger partial charge on any atom is -0.466 e. The highest BCUT2D eigenvalue weighted by molar-refractivity contribution is 5.72. The third kappa shape index (κ3) is 13.6. The third-order valence-corrected chi connectivity index (χ3v) is 2.52. The molecule has 0 saturated heterocycles. The summed E-state index contributed by atoms with van der Waals surface area (Å²) in [7, 11) is 1.65. The van der Waals surface area contributed by atoms with Crippen LogP contribution >= 0.6 is 0 Å². The highest BCUT2D eigenvalue weighted by atomic mass is 16.6. The van der Waals surface area contributed by atoms with Gasteiger partial charge in [-0.2, -0.15) is 0 Å². The summed E-state index contributed by atoms with van der Waals surface area (Å²) in [5.74, 6) is -0.527. The normalized spacial score (nSPS) is 11.5. The summed E-state index contributed by atoms with van der Waals surface area (Å²) in [6.07, 6.45) is 1.53. The molecule has 0 aliphatic rings. The van der Waals surface area contributed by atoms with Crippen molar-refractivity contribution in [3.8, 4) is 0 Å². The number of carbonyl (C=O) groups excluding carboxylic acids is 2. The van der Waals surface area contributed by atoms with Crippen LogP contribution in [0.15, 0.2) is 0 Å². The highest BCUT2D eigenvalue weighted by Crippen LogP contribution is 2.08. The zero-order valence-corrected chi connectivity index (χ0v) is 13.9. The Hall–Kier alpha value is -1.14. The monoisotopic (exact) mass is 303 g/mol. The van der Waals surface area contributed by atoms with Crippen LogP contribution in [0.3, 0.4) is 0 Å². The van der Waals surface area contributed by atoms with Gasteiger partial charge in [0.15, 0.2) is 0 Å². The molecule has 0 aromatic heterocycles. The fraction of sp³-hybridized carbons (Fsp3) is 0.867. The summed E-state index contributed by atoms with van der Waals surface area (Å²) in [6.45, 7) is 9.60. The van der Waals surface area contributed by atoms with Crippen LogP contribution in [0.5, 0.6) is 0 Å². The molecule has 124 valence electrons. The van der Waals surface area contributed by atoms with Crippen LogP contribution in [0, 0.1) is 0 Å². The molecule has 21 heavy (non-hydrogen) atoms. The molecule has 0 aliphatic carbocycles. The van der Waals surface area contributed by atoms with Crippen molar-refractivity contribution in [1.82, 2.24) is 4.90 Å². The van der Waals surface area contributed by atoms with Crippen molar-refractivity contribution in [3.05, 3.63) is 0 Å². The van der Waals surface area contributed by atoms with E-state index in [1.165, 1.54) is 6.92 Å². The van der Waals surface area contributed by atoms with Crippen LogP contribution in [0.1, 0.15) is 40.5 Å². The zero-order valence-electron chi connectivity index (χ0n) is 13.9. The van der Waals surface area contributed by atoms with E-state index in [0.29, 0.717) is 26.2 Å². The van der Waals surface area contributed by atoms with Gasteiger partial charge in [0.05, 0.1) is 13.2 Å². The maximum absolute atomic E-state index is 11.9. The topological polar surface area (TPSA) is 65.1 Å². The summed E-state index contributed by atoms with van der Waals surface area (Å²) in [5.41, 5.74) is -0.479. The van der Waals surface area contributed by atoms with E-state index >= 15 is 0 Å². The molecule has 6 heteroatoms. The van der Waals surface area contributed by atoms with Crippen LogP contribution in [-0.4, -0.2) is 62.4 Å². The van der Waals surface area contributed by atoms with E-state index in [2.05, 4.69) is 0 Å². The lowest BCUT2D eigenvalue weighted by Crippen LogP contribution is -2.36. The van der Waals surface area contributed by atoms with Gasteiger partial charge in [0.1, 0.15) is 5.60 Å². The molecular formula is C15H29NO5. The number of methoxy groups -OCH3 is 1. The summed E-state index contributed by atoms with van der Waals surface area (Å²) in [4.78, 5) is 24.6. The number of hydrogen-bond acceptors (Lipinski definition) is 6. The number of nitrogens with zero attached hydrogens (tertiary/aromatic N) is 1. The van der Waals surface area contributed by atoms with Crippen LogP contribution in [0.4, 0.5) is 0 Å². The van der Waals surface area contributed by atoms with E-state index in [4.69, 9.17) is 14.2 Å². The molecular weight excluding hydrogens is 274 g/mol. The summed E-state index contributed by atoms with van der Waals surface area (Å²) >= 11 is 0. The van der Waals surface area contributed by atoms with E-state index in [-0.39, 0.29) is 18.5 Å². The second-order valence-corrected chi connectivity index (χ2v) is 5.90. The second-order valence-electron chi connectivity index (χ2n) is 5.90. The van der Waals surface area contributed by atoms with Crippen molar-refractivity contribution in [2.75, 3.05) is 40.0 Å². The quantitative estimate of drug-likeness (QED) is 0.451. The molecule has 0 unspecified atom stereocenters. The molecule has 0 saturated carbocycles. The maximum atomic E-state index is 11.9. The molecule has 0 aromatic carbocycles. The maximum Gasteiger partial charge on any atom is 0.320 e. The molecule has 0 heterocycles. The van der Waals surface area contributed by atoms with Gasteiger partial charge in [-0.25, -0.2) is 0 Å². The van der Waals surface area contributed by atoms with Gasteiger partial charge in [-0.3, -0.25) is 14.5 Å². The van der Waals surface area contributed by atoms with E-state index in [9.17, 15) is 9.59 Å². The Kier molecular flexibility index (Phi) is 9.99. The van der Waals surface area contributed by atoms with Crippen LogP contribution in [0.25, 0.3) is 0 Å². The van der Waals surface area contributed by atoms with E-state index < -0.39 is 5.60 Å². The molecule has 0 amide bonds. The number of rotatable bonds is 10. The van der Waals surface area contributed by atoms with Gasteiger partial charge < -0.3 is 14.2 Å². The van der Waals surface area contributed by atoms with Crippen molar-refractivity contribution < 1.29 is 23.8 Å². The van der Waals surface area contributed by atoms with Crippen molar-refractivity contribution in [2.45, 2.75) is 46.1 Å². The Morgan fingerprint density at radius 3 is 2.10 bits per heavy atom. The smallest absolute Gasteiger partial charge is 0.320 e. The molecule has 0 aliphatic heterocycles. The molecule has 0 fully saturated rings. The molecule has 0 aromatic rings. The van der Waals surface area contributed by atoms with Crippen molar-refractivity contribution in [1.29, 1.82) is 0 Å². The first kappa shape index (κ1) is 19.9. The average molecular weight is 303 g/mol. The van der Waals surface area contributed by atoms with Gasteiger partial charge in [-0.1, -0.05) is 0 Å². The van der Waals surface area contributed by atoms with Crippen LogP contribution in [-0.2, 0) is 23.8 Å². The minimum atomic E-state index is -0.479. The summed E-state index contributed by atoms with van der Waals surface area (Å²) < 4.78 is 15.2. The number of hydrogen-bond donors (Lipinski definition) is 0. The Labute approximate surface area is 127 Å². The second kappa shape index (κ2) is 10.6. The zero-order chi connectivity index (χ0) is 16.3. The lowest BCUT2D eigenvalue weighted by atomic mass is 10.2. The van der Waals surface area contributed by atoms with Gasteiger partial charge in [-0.05, 0) is 33.6 Å². The Morgan fingerprint density at radius 1 is 1.05 bits per heavy atom. The standard InChI is InChI=1S/C15H29NO5/c1-13(17)20-11-7-9-16(8-6-10-19-5)12-14(18)21-15(2,3)4/h6-12H2,1-5H3. The molecule has 0 spiro atoms. The van der Waals surface area contributed by atoms with Crippen LogP contribution < -0.4 is 0 Å². The molecule has 0 N–H and O–H groups in total. The fourth-order valence-electron chi connectivity index (χ4n) is 1.76. The largest absolute Gasteiger partial charge is 0.466 e. The number of ether oxygens (including phenoxy) is 3. The van der Waals surface area contributed by atoms with Crippen molar-refractivity contribution in [2.24, 2.45) is 0 Å². The SMILES string of the molecule is COCCCN(CCCOC(C)=O)CC(=O)OC(C)(C)C. The van der Waals surface area contributed by atoms with Crippen molar-refractivity contribution in [3.63, 3.8) is 0 Å². The Morgan fingerprint density at radius 2 is 1.62 bits per heavy atom. The molecule has 0 bridgehead atoms. The van der Waals surface area contributed by atoms with Gasteiger partial charge in [-0.15, -0.1) is 0 Å². The summed E-state index contributed by atoms with van der Waals surface area (Å²) in [6, 6.07) is 0. The van der Waals surface area contributed by atoms with Gasteiger partial charge in [0, 0.05) is 33.7 Å². The summed E-state index contributed by atoms with van der Waals surface area (Å²) in [5, 5.41) is 0. The predicted octanol–water partition coefficient (Wildman–Crippen LogP) is 1.62. The molecule has 6 nitrogen and oxygen atoms in total. The van der Waals surface area contributed by atoms with Gasteiger partial charge in [0.2, 0.25) is 0 Å². The highest BCUT2D eigenvalue weighted by Gasteiger charge is 2.18. The lowest BCUT2D eigenvalue weighted by Gasteiger charge is -2.25. The van der Waals surface area contributed by atoms with Gasteiger partial charge in [0.25, 0.3) is 0 Å². The Balaban J connectivity index is 4.17. The van der Waals surface area contributed by atoms with E-state index in [1.54, 1.807) is 7.11 Å². The lowest BCUT2D eigenvalue weighted by molar-refractivity contribution is -0.156. The third-order valence-electron chi connectivity index (χ3n) is 2.52. The fourth-order valence-corrected chi connectivity index (χ4v) is 1.76. The van der Waals surface area contributed by atoms with Crippen LogP contribution in [0.2, 0.25) is 0 Å². The molecule has 0 atom stereocenters. The molecule has 0 rings (SSSR count). The molecule has 0 radical (unpaired) electrons. The van der Waals surface area contributed by atoms with Crippen molar-refractivity contribution >= 4 is 11.9 Å². The number of esters is 2. The van der Waals surface area contributed by atoms with E-state index in [1.807, 2.05) is 25.7 Å². The predicted molar refractivity (Wildman–Crippen MR) is 80.0 cm³/mol. The first-order valence-electron chi connectivity index (χ1n) is 7.31.